The molecule has 0 amide bonds. The number of rotatable bonds is 6. The molecule has 1 saturated heterocycles. The molecule has 1 unspecified atom stereocenters. The quantitative estimate of drug-likeness (QED) is 0.648. The summed E-state index contributed by atoms with van der Waals surface area (Å²) in [6.45, 7) is 3.64. The number of sulfone groups is 1. The van der Waals surface area contributed by atoms with E-state index in [1.54, 1.807) is 0 Å². The molecule has 4 nitrogen and oxygen atoms in total. The Morgan fingerprint density at radius 3 is 2.60 bits per heavy atom. The van der Waals surface area contributed by atoms with Crippen LogP contribution < -0.4 is 11.1 Å². The topological polar surface area (TPSA) is 72.2 Å². The van der Waals surface area contributed by atoms with E-state index in [4.69, 9.17) is 5.73 Å². The summed E-state index contributed by atoms with van der Waals surface area (Å²) in [7, 11) is -2.78. The standard InChI is InChI=1S/C10H22N2O2S/c1-10(5-8-15(13,14)9-10)12-7-4-2-3-6-11/h12H,2-9,11H2,1H3. The fourth-order valence-electron chi connectivity index (χ4n) is 1.99. The van der Waals surface area contributed by atoms with E-state index >= 15 is 0 Å². The van der Waals surface area contributed by atoms with Gasteiger partial charge in [-0.15, -0.1) is 0 Å². The van der Waals surface area contributed by atoms with Crippen molar-refractivity contribution >= 4 is 9.84 Å². The van der Waals surface area contributed by atoms with E-state index < -0.39 is 9.84 Å². The highest BCUT2D eigenvalue weighted by Gasteiger charge is 2.37. The van der Waals surface area contributed by atoms with E-state index in [9.17, 15) is 8.42 Å². The SMILES string of the molecule is CC1(NCCCCCN)CCS(=O)(=O)C1. The number of hydrogen-bond acceptors (Lipinski definition) is 4. The molecule has 15 heavy (non-hydrogen) atoms. The van der Waals surface area contributed by atoms with E-state index in [1.165, 1.54) is 0 Å². The zero-order valence-corrected chi connectivity index (χ0v) is 10.3. The van der Waals surface area contributed by atoms with Gasteiger partial charge in [-0.25, -0.2) is 8.42 Å². The first-order valence-corrected chi connectivity index (χ1v) is 7.45. The smallest absolute Gasteiger partial charge is 0.152 e. The summed E-state index contributed by atoms with van der Waals surface area (Å²) in [6, 6.07) is 0. The van der Waals surface area contributed by atoms with Gasteiger partial charge in [0.15, 0.2) is 9.84 Å². The highest BCUT2D eigenvalue weighted by Crippen LogP contribution is 2.22. The van der Waals surface area contributed by atoms with Gasteiger partial charge in [-0.2, -0.15) is 0 Å². The lowest BCUT2D eigenvalue weighted by molar-refractivity contribution is 0.391. The summed E-state index contributed by atoms with van der Waals surface area (Å²) in [5.41, 5.74) is 5.20. The van der Waals surface area contributed by atoms with E-state index in [-0.39, 0.29) is 11.3 Å². The third-order valence-electron chi connectivity index (χ3n) is 2.94. The van der Waals surface area contributed by atoms with Gasteiger partial charge in [0.25, 0.3) is 0 Å². The van der Waals surface area contributed by atoms with Crippen LogP contribution in [-0.2, 0) is 9.84 Å². The van der Waals surface area contributed by atoms with Crippen LogP contribution in [0.5, 0.6) is 0 Å². The molecule has 1 fully saturated rings. The number of nitrogens with one attached hydrogen (secondary N) is 1. The second-order valence-corrected chi connectivity index (χ2v) is 6.86. The van der Waals surface area contributed by atoms with Crippen LogP contribution >= 0.6 is 0 Å². The van der Waals surface area contributed by atoms with Crippen LogP contribution in [0.2, 0.25) is 0 Å². The fraction of sp³-hybridized carbons (Fsp3) is 1.00. The Labute approximate surface area is 92.5 Å². The first kappa shape index (κ1) is 12.9. The van der Waals surface area contributed by atoms with Gasteiger partial charge in [0.2, 0.25) is 0 Å². The Hall–Kier alpha value is -0.130. The summed E-state index contributed by atoms with van der Waals surface area (Å²) >= 11 is 0. The van der Waals surface area contributed by atoms with E-state index in [0.717, 1.165) is 38.8 Å². The maximum atomic E-state index is 11.3. The van der Waals surface area contributed by atoms with Gasteiger partial charge < -0.3 is 11.1 Å². The number of unbranched alkanes of at least 4 members (excludes halogenated alkanes) is 2. The average Bonchev–Trinajstić information content (AvgIpc) is 2.41. The molecule has 0 aliphatic carbocycles. The molecule has 0 aromatic carbocycles. The third kappa shape index (κ3) is 4.49. The zero-order valence-electron chi connectivity index (χ0n) is 9.46. The van der Waals surface area contributed by atoms with Gasteiger partial charge in [-0.1, -0.05) is 6.42 Å². The first-order valence-electron chi connectivity index (χ1n) is 5.63. The molecule has 1 atom stereocenters. The maximum Gasteiger partial charge on any atom is 0.152 e. The number of hydrogen-bond donors (Lipinski definition) is 2. The molecular formula is C10H22N2O2S. The highest BCUT2D eigenvalue weighted by atomic mass is 32.2. The summed E-state index contributed by atoms with van der Waals surface area (Å²) in [6.07, 6.45) is 3.99. The third-order valence-corrected chi connectivity index (χ3v) is 4.84. The van der Waals surface area contributed by atoms with Crippen LogP contribution in [0.4, 0.5) is 0 Å². The Morgan fingerprint density at radius 1 is 1.33 bits per heavy atom. The minimum absolute atomic E-state index is 0.193. The predicted molar refractivity (Wildman–Crippen MR) is 62.6 cm³/mol. The summed E-state index contributed by atoms with van der Waals surface area (Å²) in [5.74, 6) is 0.621. The van der Waals surface area contributed by atoms with Crippen molar-refractivity contribution in [2.24, 2.45) is 5.73 Å². The van der Waals surface area contributed by atoms with Crippen LogP contribution in [-0.4, -0.2) is 38.6 Å². The Morgan fingerprint density at radius 2 is 2.07 bits per heavy atom. The molecule has 1 aliphatic rings. The van der Waals surface area contributed by atoms with Gasteiger partial charge in [-0.05, 0) is 39.3 Å². The largest absolute Gasteiger partial charge is 0.330 e. The second kappa shape index (κ2) is 5.27. The van der Waals surface area contributed by atoms with Gasteiger partial charge in [0.1, 0.15) is 0 Å². The van der Waals surface area contributed by atoms with E-state index in [0.29, 0.717) is 5.75 Å². The van der Waals surface area contributed by atoms with Crippen LogP contribution in [0.3, 0.4) is 0 Å². The van der Waals surface area contributed by atoms with Crippen molar-refractivity contribution < 1.29 is 8.42 Å². The van der Waals surface area contributed by atoms with Gasteiger partial charge in [0, 0.05) is 5.54 Å². The van der Waals surface area contributed by atoms with Crippen molar-refractivity contribution in [3.05, 3.63) is 0 Å². The molecule has 1 aliphatic heterocycles. The normalized spacial score (nSPS) is 29.5. The molecule has 3 N–H and O–H groups in total. The first-order chi connectivity index (χ1) is 6.97. The lowest BCUT2D eigenvalue weighted by atomic mass is 10.0. The highest BCUT2D eigenvalue weighted by molar-refractivity contribution is 7.91. The lowest BCUT2D eigenvalue weighted by Crippen LogP contribution is -2.43. The van der Waals surface area contributed by atoms with Crippen LogP contribution in [0, 0.1) is 0 Å². The molecule has 0 saturated carbocycles. The molecule has 0 aromatic heterocycles. The molecule has 0 radical (unpaired) electrons. The minimum Gasteiger partial charge on any atom is -0.330 e. The van der Waals surface area contributed by atoms with Crippen LogP contribution in [0.25, 0.3) is 0 Å². The summed E-state index contributed by atoms with van der Waals surface area (Å²) in [5, 5.41) is 3.35. The molecule has 1 rings (SSSR count). The molecule has 0 spiro atoms. The van der Waals surface area contributed by atoms with Crippen molar-refractivity contribution in [3.63, 3.8) is 0 Å². The molecule has 0 bridgehead atoms. The van der Waals surface area contributed by atoms with Gasteiger partial charge in [0.05, 0.1) is 11.5 Å². The van der Waals surface area contributed by atoms with Crippen molar-refractivity contribution in [1.29, 1.82) is 0 Å². The Bertz CT molecular complexity index is 290. The molecular weight excluding hydrogens is 212 g/mol. The summed E-state index contributed by atoms with van der Waals surface area (Å²) < 4.78 is 22.6. The maximum absolute atomic E-state index is 11.3. The monoisotopic (exact) mass is 234 g/mol. The lowest BCUT2D eigenvalue weighted by Gasteiger charge is -2.23. The Kier molecular flexibility index (Phi) is 4.55. The van der Waals surface area contributed by atoms with Crippen LogP contribution in [0.15, 0.2) is 0 Å². The molecule has 1 heterocycles. The van der Waals surface area contributed by atoms with Crippen LogP contribution in [0.1, 0.15) is 32.6 Å². The minimum atomic E-state index is -2.78. The number of nitrogens with two attached hydrogens (primary N) is 1. The van der Waals surface area contributed by atoms with Gasteiger partial charge >= 0.3 is 0 Å². The van der Waals surface area contributed by atoms with Crippen molar-refractivity contribution in [2.45, 2.75) is 38.1 Å². The molecule has 5 heteroatoms. The molecule has 90 valence electrons. The average molecular weight is 234 g/mol. The van der Waals surface area contributed by atoms with E-state index in [1.807, 2.05) is 6.92 Å². The zero-order chi connectivity index (χ0) is 11.4. The molecule has 0 aromatic rings. The Balaban J connectivity index is 2.21. The second-order valence-electron chi connectivity index (χ2n) is 4.68. The summed E-state index contributed by atoms with van der Waals surface area (Å²) in [4.78, 5) is 0. The van der Waals surface area contributed by atoms with Crippen molar-refractivity contribution in [2.75, 3.05) is 24.6 Å². The van der Waals surface area contributed by atoms with Crippen molar-refractivity contribution in [1.82, 2.24) is 5.32 Å². The van der Waals surface area contributed by atoms with Crippen molar-refractivity contribution in [3.8, 4) is 0 Å². The van der Waals surface area contributed by atoms with Gasteiger partial charge in [-0.3, -0.25) is 0 Å². The fourth-order valence-corrected chi connectivity index (χ4v) is 4.11. The predicted octanol–water partition coefficient (Wildman–Crippen LogP) is 0.282. The van der Waals surface area contributed by atoms with E-state index in [2.05, 4.69) is 5.32 Å².